The van der Waals surface area contributed by atoms with Crippen LogP contribution in [0.3, 0.4) is 0 Å². The zero-order valence-electron chi connectivity index (χ0n) is 16.9. The molecule has 1 aromatic rings. The number of urea groups is 1. The fourth-order valence-electron chi connectivity index (χ4n) is 4.29. The van der Waals surface area contributed by atoms with Crippen LogP contribution in [0.4, 0.5) is 4.79 Å². The highest BCUT2D eigenvalue weighted by Gasteiger charge is 2.33. The maximum Gasteiger partial charge on any atom is 0.317 e. The smallest absolute Gasteiger partial charge is 0.317 e. The number of carbonyl (C=O) groups is 1. The lowest BCUT2D eigenvalue weighted by atomic mass is 10.0. The number of ether oxygens (including phenoxy) is 2. The Morgan fingerprint density at radius 1 is 1.00 bits per heavy atom. The lowest BCUT2D eigenvalue weighted by Crippen LogP contribution is -2.52. The molecule has 6 nitrogen and oxygen atoms in total. The van der Waals surface area contributed by atoms with Crippen LogP contribution in [0.15, 0.2) is 24.3 Å². The molecule has 1 aliphatic carbocycles. The Kier molecular flexibility index (Phi) is 6.25. The van der Waals surface area contributed by atoms with Gasteiger partial charge in [0.2, 0.25) is 0 Å². The van der Waals surface area contributed by atoms with Crippen molar-refractivity contribution in [3.63, 3.8) is 0 Å². The summed E-state index contributed by atoms with van der Waals surface area (Å²) in [5.74, 6) is 1.59. The maximum absolute atomic E-state index is 12.6. The predicted molar refractivity (Wildman–Crippen MR) is 109 cm³/mol. The van der Waals surface area contributed by atoms with Gasteiger partial charge in [-0.3, -0.25) is 0 Å². The number of carbonyl (C=O) groups excluding carboxylic acids is 1. The van der Waals surface area contributed by atoms with Gasteiger partial charge in [0.25, 0.3) is 0 Å². The van der Waals surface area contributed by atoms with Crippen molar-refractivity contribution in [1.29, 1.82) is 0 Å². The molecule has 2 aliphatic heterocycles. The van der Waals surface area contributed by atoms with E-state index in [4.69, 9.17) is 9.47 Å². The van der Waals surface area contributed by atoms with Crippen molar-refractivity contribution in [2.75, 3.05) is 32.8 Å². The minimum atomic E-state index is 0.0954. The van der Waals surface area contributed by atoms with Gasteiger partial charge in [0.1, 0.15) is 6.10 Å². The van der Waals surface area contributed by atoms with Gasteiger partial charge in [-0.15, -0.1) is 0 Å². The molecule has 0 spiro atoms. The van der Waals surface area contributed by atoms with Gasteiger partial charge in [-0.05, 0) is 44.7 Å². The summed E-state index contributed by atoms with van der Waals surface area (Å²) in [6.45, 7) is 6.35. The molecule has 0 aromatic heterocycles. The van der Waals surface area contributed by atoms with E-state index in [2.05, 4.69) is 10.2 Å². The second kappa shape index (κ2) is 9.03. The number of hydrogen-bond donors (Lipinski definition) is 1. The van der Waals surface area contributed by atoms with E-state index < -0.39 is 0 Å². The highest BCUT2D eigenvalue weighted by molar-refractivity contribution is 5.74. The van der Waals surface area contributed by atoms with Gasteiger partial charge in [0, 0.05) is 51.1 Å². The second-order valence-electron chi connectivity index (χ2n) is 8.17. The normalized spacial score (nSPS) is 22.1. The number of rotatable bonds is 6. The number of benzene rings is 1. The van der Waals surface area contributed by atoms with Crippen molar-refractivity contribution >= 4 is 6.03 Å². The molecule has 0 atom stereocenters. The number of amides is 2. The first-order valence-corrected chi connectivity index (χ1v) is 10.9. The molecule has 1 aromatic carbocycles. The molecule has 1 saturated carbocycles. The molecule has 3 aliphatic rings. The van der Waals surface area contributed by atoms with E-state index in [-0.39, 0.29) is 12.1 Å². The third-order valence-electron chi connectivity index (χ3n) is 6.09. The van der Waals surface area contributed by atoms with Gasteiger partial charge in [0.05, 0.1) is 6.61 Å². The van der Waals surface area contributed by atoms with Crippen LogP contribution in [-0.4, -0.2) is 66.8 Å². The van der Waals surface area contributed by atoms with E-state index in [1.54, 1.807) is 0 Å². The largest absolute Gasteiger partial charge is 0.490 e. The molecule has 3 fully saturated rings. The zero-order chi connectivity index (χ0) is 19.3. The van der Waals surface area contributed by atoms with Crippen LogP contribution < -0.4 is 14.8 Å². The zero-order valence-corrected chi connectivity index (χ0v) is 16.9. The van der Waals surface area contributed by atoms with E-state index in [9.17, 15) is 4.79 Å². The minimum absolute atomic E-state index is 0.0954. The Balaban J connectivity index is 1.20. The SMILES string of the molecule is CCOc1ccccc1OC1CCN(C(=O)NC2CCN(C3CC3)CC2)CC1. The highest BCUT2D eigenvalue weighted by atomic mass is 16.5. The molecule has 2 heterocycles. The quantitative estimate of drug-likeness (QED) is 0.814. The fraction of sp³-hybridized carbons (Fsp3) is 0.682. The topological polar surface area (TPSA) is 54.0 Å². The van der Waals surface area contributed by atoms with Gasteiger partial charge in [-0.25, -0.2) is 4.79 Å². The first kappa shape index (κ1) is 19.4. The van der Waals surface area contributed by atoms with E-state index in [1.165, 1.54) is 12.8 Å². The van der Waals surface area contributed by atoms with Gasteiger partial charge >= 0.3 is 6.03 Å². The van der Waals surface area contributed by atoms with Crippen molar-refractivity contribution < 1.29 is 14.3 Å². The van der Waals surface area contributed by atoms with Gasteiger partial charge in [-0.2, -0.15) is 0 Å². The van der Waals surface area contributed by atoms with Crippen molar-refractivity contribution in [2.45, 2.75) is 63.6 Å². The van der Waals surface area contributed by atoms with E-state index >= 15 is 0 Å². The average molecular weight is 388 g/mol. The van der Waals surface area contributed by atoms with Crippen LogP contribution in [-0.2, 0) is 0 Å². The molecule has 154 valence electrons. The van der Waals surface area contributed by atoms with Crippen LogP contribution in [0.25, 0.3) is 0 Å². The van der Waals surface area contributed by atoms with E-state index in [0.29, 0.717) is 12.6 Å². The summed E-state index contributed by atoms with van der Waals surface area (Å²) in [5, 5.41) is 3.26. The van der Waals surface area contributed by atoms with Crippen LogP contribution in [0, 0.1) is 0 Å². The Morgan fingerprint density at radius 2 is 1.68 bits per heavy atom. The van der Waals surface area contributed by atoms with Gasteiger partial charge in [0.15, 0.2) is 11.5 Å². The lowest BCUT2D eigenvalue weighted by Gasteiger charge is -2.36. The monoisotopic (exact) mass is 387 g/mol. The predicted octanol–water partition coefficient (Wildman–Crippen LogP) is 3.26. The van der Waals surface area contributed by atoms with Crippen LogP contribution in [0.5, 0.6) is 11.5 Å². The number of nitrogens with zero attached hydrogens (tertiary/aromatic N) is 2. The first-order valence-electron chi connectivity index (χ1n) is 10.9. The van der Waals surface area contributed by atoms with Crippen LogP contribution >= 0.6 is 0 Å². The molecule has 0 unspecified atom stereocenters. The Bertz CT molecular complexity index is 648. The standard InChI is InChI=1S/C22H33N3O3/c1-2-27-20-5-3-4-6-21(20)28-19-11-15-25(16-12-19)22(26)23-17-9-13-24(14-10-17)18-7-8-18/h3-6,17-19H,2,7-16H2,1H3,(H,23,26). The molecule has 2 saturated heterocycles. The summed E-state index contributed by atoms with van der Waals surface area (Å²) < 4.78 is 11.8. The van der Waals surface area contributed by atoms with Crippen molar-refractivity contribution in [3.8, 4) is 11.5 Å². The van der Waals surface area contributed by atoms with Crippen molar-refractivity contribution in [1.82, 2.24) is 15.1 Å². The Morgan fingerprint density at radius 3 is 2.32 bits per heavy atom. The second-order valence-corrected chi connectivity index (χ2v) is 8.17. The summed E-state index contributed by atoms with van der Waals surface area (Å²) >= 11 is 0. The molecule has 4 rings (SSSR count). The molecule has 6 heteroatoms. The molecule has 1 N–H and O–H groups in total. The summed E-state index contributed by atoms with van der Waals surface area (Å²) in [6, 6.07) is 9.08. The summed E-state index contributed by atoms with van der Waals surface area (Å²) in [6.07, 6.45) is 6.73. The molecular weight excluding hydrogens is 354 g/mol. The third-order valence-corrected chi connectivity index (χ3v) is 6.09. The lowest BCUT2D eigenvalue weighted by molar-refractivity contribution is 0.104. The number of nitrogens with one attached hydrogen (secondary N) is 1. The third kappa shape index (κ3) is 4.90. The molecule has 0 bridgehead atoms. The van der Waals surface area contributed by atoms with Crippen LogP contribution in [0.2, 0.25) is 0 Å². The van der Waals surface area contributed by atoms with Crippen molar-refractivity contribution in [2.24, 2.45) is 0 Å². The Labute approximate surface area is 168 Å². The highest BCUT2D eigenvalue weighted by Crippen LogP contribution is 2.30. The molecule has 28 heavy (non-hydrogen) atoms. The molecule has 0 radical (unpaired) electrons. The molecular formula is C22H33N3O3. The minimum Gasteiger partial charge on any atom is -0.490 e. The number of likely N-dealkylation sites (tertiary alicyclic amines) is 2. The number of hydrogen-bond acceptors (Lipinski definition) is 4. The Hall–Kier alpha value is -1.95. The molecule has 2 amide bonds. The van der Waals surface area contributed by atoms with Gasteiger partial charge in [-0.1, -0.05) is 12.1 Å². The number of piperidine rings is 2. The summed E-state index contributed by atoms with van der Waals surface area (Å²) in [7, 11) is 0. The average Bonchev–Trinajstić information content (AvgIpc) is 3.56. The van der Waals surface area contributed by atoms with E-state index in [1.807, 2.05) is 36.1 Å². The first-order chi connectivity index (χ1) is 13.7. The number of para-hydroxylation sites is 2. The summed E-state index contributed by atoms with van der Waals surface area (Å²) in [4.78, 5) is 17.2. The summed E-state index contributed by atoms with van der Waals surface area (Å²) in [5.41, 5.74) is 0. The van der Waals surface area contributed by atoms with E-state index in [0.717, 1.165) is 69.4 Å². The van der Waals surface area contributed by atoms with Gasteiger partial charge < -0.3 is 24.6 Å². The maximum atomic E-state index is 12.6. The van der Waals surface area contributed by atoms with Crippen LogP contribution in [0.1, 0.15) is 45.4 Å². The fourth-order valence-corrected chi connectivity index (χ4v) is 4.29. The van der Waals surface area contributed by atoms with Crippen molar-refractivity contribution in [3.05, 3.63) is 24.3 Å².